The Morgan fingerprint density at radius 1 is 1.24 bits per heavy atom. The van der Waals surface area contributed by atoms with Crippen molar-refractivity contribution in [3.8, 4) is 5.75 Å². The first-order valence-corrected chi connectivity index (χ1v) is 14.5. The Morgan fingerprint density at radius 2 is 2.00 bits per heavy atom. The van der Waals surface area contributed by atoms with Crippen LogP contribution in [0.1, 0.15) is 31.0 Å². The molecule has 5 rings (SSSR count). The third-order valence-corrected chi connectivity index (χ3v) is 8.44. The van der Waals surface area contributed by atoms with Crippen molar-refractivity contribution in [1.82, 2.24) is 14.5 Å². The summed E-state index contributed by atoms with van der Waals surface area (Å²) in [4.78, 5) is 52.3. The van der Waals surface area contributed by atoms with E-state index in [1.807, 2.05) is 0 Å². The van der Waals surface area contributed by atoms with Crippen LogP contribution in [0, 0.1) is 10.1 Å². The Hall–Kier alpha value is -4.33. The summed E-state index contributed by atoms with van der Waals surface area (Å²) in [5, 5.41) is 12.4. The standard InChI is InChI=1S/C28H22ClN5O6S2/c1-4-40-26(36)23-15(2)32-28-33(24(23)19-14-17(29)6-8-20(19)39-3)25(35)22(42-28)13-16-12-18(34(37)38)7-9-21(16)41-27-30-10-5-11-31-27/h5-14,24H,4H2,1-3H3/b22-13-/t24-/m0/s1. The summed E-state index contributed by atoms with van der Waals surface area (Å²) in [5.74, 6) is -0.212. The van der Waals surface area contributed by atoms with Gasteiger partial charge in [-0.25, -0.2) is 19.8 Å². The second-order valence-corrected chi connectivity index (χ2v) is 11.3. The van der Waals surface area contributed by atoms with Gasteiger partial charge in [0, 0.05) is 40.0 Å². The van der Waals surface area contributed by atoms with Gasteiger partial charge in [-0.3, -0.25) is 19.5 Å². The number of carbonyl (C=O) groups is 1. The van der Waals surface area contributed by atoms with Crippen LogP contribution in [0.2, 0.25) is 5.02 Å². The molecule has 42 heavy (non-hydrogen) atoms. The first-order valence-electron chi connectivity index (χ1n) is 12.5. The zero-order valence-corrected chi connectivity index (χ0v) is 24.8. The topological polar surface area (TPSA) is 139 Å². The molecule has 4 aromatic rings. The SMILES string of the molecule is CCOC(=O)C1=C(C)N=c2s/c(=C\c3cc([N+](=O)[O-])ccc3Sc3ncccn3)c(=O)n2[C@H]1c1cc(Cl)ccc1OC. The number of methoxy groups -OCH3 is 1. The van der Waals surface area contributed by atoms with E-state index in [4.69, 9.17) is 21.1 Å². The molecule has 3 heterocycles. The first-order chi connectivity index (χ1) is 20.2. The molecule has 0 fully saturated rings. The molecule has 0 spiro atoms. The minimum atomic E-state index is -0.951. The van der Waals surface area contributed by atoms with Crippen molar-refractivity contribution in [3.63, 3.8) is 0 Å². The molecule has 0 saturated heterocycles. The van der Waals surface area contributed by atoms with Crippen LogP contribution in [0.25, 0.3) is 6.08 Å². The van der Waals surface area contributed by atoms with E-state index in [0.717, 1.165) is 11.3 Å². The van der Waals surface area contributed by atoms with E-state index in [9.17, 15) is 19.7 Å². The second-order valence-electron chi connectivity index (χ2n) is 8.80. The number of esters is 1. The van der Waals surface area contributed by atoms with Crippen molar-refractivity contribution in [2.45, 2.75) is 29.9 Å². The molecule has 2 aromatic heterocycles. The Bertz CT molecular complexity index is 1920. The van der Waals surface area contributed by atoms with Crippen molar-refractivity contribution >= 4 is 52.4 Å². The Kier molecular flexibility index (Phi) is 8.52. The number of nitro benzene ring substituents is 1. The van der Waals surface area contributed by atoms with Crippen LogP contribution in [-0.4, -0.2) is 39.1 Å². The molecule has 11 nitrogen and oxygen atoms in total. The van der Waals surface area contributed by atoms with Gasteiger partial charge in [-0.15, -0.1) is 0 Å². The number of thiazole rings is 1. The molecule has 0 amide bonds. The highest BCUT2D eigenvalue weighted by molar-refractivity contribution is 7.99. The van der Waals surface area contributed by atoms with Crippen LogP contribution < -0.4 is 19.6 Å². The number of fused-ring (bicyclic) bond motifs is 1. The van der Waals surface area contributed by atoms with Gasteiger partial charge in [-0.1, -0.05) is 22.9 Å². The van der Waals surface area contributed by atoms with Gasteiger partial charge in [0.15, 0.2) is 9.96 Å². The number of aromatic nitrogens is 3. The van der Waals surface area contributed by atoms with Crippen LogP contribution in [0.3, 0.4) is 0 Å². The molecule has 0 bridgehead atoms. The molecular weight excluding hydrogens is 602 g/mol. The highest BCUT2D eigenvalue weighted by atomic mass is 35.5. The number of non-ortho nitro benzene ring substituents is 1. The van der Waals surface area contributed by atoms with Crippen LogP contribution in [0.4, 0.5) is 5.69 Å². The Morgan fingerprint density at radius 3 is 2.69 bits per heavy atom. The van der Waals surface area contributed by atoms with E-state index in [-0.39, 0.29) is 22.4 Å². The fourth-order valence-corrected chi connectivity index (χ4v) is 6.45. The van der Waals surface area contributed by atoms with Crippen LogP contribution in [0.5, 0.6) is 5.75 Å². The van der Waals surface area contributed by atoms with Crippen molar-refractivity contribution in [3.05, 3.63) is 112 Å². The van der Waals surface area contributed by atoms with Crippen LogP contribution in [-0.2, 0) is 9.53 Å². The normalized spacial score (nSPS) is 14.8. The number of hydrogen-bond donors (Lipinski definition) is 0. The summed E-state index contributed by atoms with van der Waals surface area (Å²) in [6.45, 7) is 3.48. The van der Waals surface area contributed by atoms with E-state index in [1.165, 1.54) is 35.6 Å². The fourth-order valence-electron chi connectivity index (χ4n) is 4.44. The zero-order valence-electron chi connectivity index (χ0n) is 22.4. The lowest BCUT2D eigenvalue weighted by molar-refractivity contribution is -0.384. The molecule has 0 saturated carbocycles. The van der Waals surface area contributed by atoms with Gasteiger partial charge in [-0.2, -0.15) is 0 Å². The molecule has 14 heteroatoms. The average molecular weight is 624 g/mol. The van der Waals surface area contributed by atoms with Crippen molar-refractivity contribution < 1.29 is 19.2 Å². The summed E-state index contributed by atoms with van der Waals surface area (Å²) >= 11 is 8.65. The summed E-state index contributed by atoms with van der Waals surface area (Å²) < 4.78 is 12.6. The number of carbonyl (C=O) groups excluding carboxylic acids is 1. The number of rotatable bonds is 8. The summed E-state index contributed by atoms with van der Waals surface area (Å²) in [6, 6.07) is 10.0. The molecule has 1 atom stereocenters. The smallest absolute Gasteiger partial charge is 0.338 e. The predicted molar refractivity (Wildman–Crippen MR) is 158 cm³/mol. The largest absolute Gasteiger partial charge is 0.496 e. The molecule has 0 aliphatic carbocycles. The first kappa shape index (κ1) is 29.2. The van der Waals surface area contributed by atoms with Crippen molar-refractivity contribution in [2.75, 3.05) is 13.7 Å². The molecule has 1 aliphatic heterocycles. The lowest BCUT2D eigenvalue weighted by atomic mass is 9.95. The quantitative estimate of drug-likeness (QED) is 0.122. The van der Waals surface area contributed by atoms with Crippen molar-refractivity contribution in [1.29, 1.82) is 0 Å². The number of nitro groups is 1. The summed E-state index contributed by atoms with van der Waals surface area (Å²) in [5.41, 5.74) is 0.839. The number of benzene rings is 2. The van der Waals surface area contributed by atoms with Crippen molar-refractivity contribution in [2.24, 2.45) is 4.99 Å². The average Bonchev–Trinajstić information content (AvgIpc) is 3.27. The number of halogens is 1. The maximum atomic E-state index is 14.1. The molecule has 0 radical (unpaired) electrons. The minimum Gasteiger partial charge on any atom is -0.496 e. The van der Waals surface area contributed by atoms with Gasteiger partial charge in [0.05, 0.1) is 34.4 Å². The fraction of sp³-hybridized carbons (Fsp3) is 0.179. The Labute approximate surface area is 252 Å². The van der Waals surface area contributed by atoms with Gasteiger partial charge in [0.25, 0.3) is 11.2 Å². The van der Waals surface area contributed by atoms with Gasteiger partial charge < -0.3 is 9.47 Å². The lowest BCUT2D eigenvalue weighted by Crippen LogP contribution is -2.40. The molecule has 0 N–H and O–H groups in total. The predicted octanol–water partition coefficient (Wildman–Crippen LogP) is 4.31. The van der Waals surface area contributed by atoms with Gasteiger partial charge in [-0.05, 0) is 67.6 Å². The summed E-state index contributed by atoms with van der Waals surface area (Å²) in [6.07, 6.45) is 4.75. The second kappa shape index (κ2) is 12.3. The molecule has 214 valence electrons. The summed E-state index contributed by atoms with van der Waals surface area (Å²) in [7, 11) is 1.48. The number of ether oxygens (including phenoxy) is 2. The van der Waals surface area contributed by atoms with E-state index < -0.39 is 22.5 Å². The Balaban J connectivity index is 1.75. The molecule has 0 unspecified atom stereocenters. The third-order valence-electron chi connectivity index (χ3n) is 6.24. The number of nitrogens with zero attached hydrogens (tertiary/aromatic N) is 5. The highest BCUT2D eigenvalue weighted by Gasteiger charge is 2.35. The zero-order chi connectivity index (χ0) is 30.0. The van der Waals surface area contributed by atoms with Gasteiger partial charge in [0.1, 0.15) is 11.8 Å². The van der Waals surface area contributed by atoms with Gasteiger partial charge in [0.2, 0.25) is 0 Å². The molecule has 1 aliphatic rings. The van der Waals surface area contributed by atoms with Gasteiger partial charge >= 0.3 is 5.97 Å². The lowest BCUT2D eigenvalue weighted by Gasteiger charge is -2.26. The number of allylic oxidation sites excluding steroid dienone is 1. The van der Waals surface area contributed by atoms with E-state index in [2.05, 4.69) is 15.0 Å². The molecule has 2 aromatic carbocycles. The monoisotopic (exact) mass is 623 g/mol. The van der Waals surface area contributed by atoms with Crippen LogP contribution in [0.15, 0.2) is 86.0 Å². The third kappa shape index (κ3) is 5.71. The maximum Gasteiger partial charge on any atom is 0.338 e. The van der Waals surface area contributed by atoms with E-state index in [0.29, 0.717) is 42.4 Å². The highest BCUT2D eigenvalue weighted by Crippen LogP contribution is 2.37. The molecular formula is C28H22ClN5O6S2. The van der Waals surface area contributed by atoms with E-state index in [1.54, 1.807) is 62.6 Å². The minimum absolute atomic E-state index is 0.123. The number of hydrogen-bond acceptors (Lipinski definition) is 11. The van der Waals surface area contributed by atoms with E-state index >= 15 is 0 Å². The maximum absolute atomic E-state index is 14.1. The van der Waals surface area contributed by atoms with Crippen LogP contribution >= 0.6 is 34.7 Å².